The highest BCUT2D eigenvalue weighted by Crippen LogP contribution is 2.40. The zero-order valence-corrected chi connectivity index (χ0v) is 29.6. The Morgan fingerprint density at radius 3 is 2.48 bits per heavy atom. The number of carbonyl (C=O) groups excluding carboxylic acids is 4. The van der Waals surface area contributed by atoms with Crippen LogP contribution < -0.4 is 15.4 Å². The van der Waals surface area contributed by atoms with E-state index < -0.39 is 53.0 Å². The summed E-state index contributed by atoms with van der Waals surface area (Å²) in [4.78, 5) is 58.2. The highest BCUT2D eigenvalue weighted by molar-refractivity contribution is 7.13. The standard InChI is InChI=1S/C35H49FN4O7S/c1-21(25-13-12-23(29-22(2)37-20-48-29)17-27(25)47-16-10-8-7-9-11-28(42)46-6)38-31(43)26-18-24(41)19-40(26)32(44)30(34(3,4)5)39-33(45)35(36)14-15-35/h12-13,17,20-21,24,26,30,41H,7-11,14-16,18-19H2,1-6H3,(H,38,43)(H,39,45)/t21?,24-,26+,30?/m1/s1. The molecule has 2 heterocycles. The summed E-state index contributed by atoms with van der Waals surface area (Å²) in [6.45, 7) is 9.42. The number of benzene rings is 1. The third-order valence-electron chi connectivity index (χ3n) is 8.96. The van der Waals surface area contributed by atoms with Gasteiger partial charge in [-0.25, -0.2) is 9.37 Å². The average Bonchev–Trinajstić information content (AvgIpc) is 3.44. The zero-order chi connectivity index (χ0) is 35.2. The van der Waals surface area contributed by atoms with Gasteiger partial charge in [0.15, 0.2) is 5.67 Å². The van der Waals surface area contributed by atoms with Crippen molar-refractivity contribution in [1.29, 1.82) is 0 Å². The van der Waals surface area contributed by atoms with E-state index in [0.29, 0.717) is 18.8 Å². The van der Waals surface area contributed by atoms with Gasteiger partial charge in [-0.05, 0) is 56.6 Å². The maximum Gasteiger partial charge on any atom is 0.305 e. The summed E-state index contributed by atoms with van der Waals surface area (Å²) in [5.41, 5.74) is 1.64. The lowest BCUT2D eigenvalue weighted by Gasteiger charge is -2.35. The average molecular weight is 689 g/mol. The number of ether oxygens (including phenoxy) is 2. The number of esters is 1. The predicted octanol–water partition coefficient (Wildman–Crippen LogP) is 4.79. The first kappa shape index (κ1) is 37.2. The highest BCUT2D eigenvalue weighted by atomic mass is 32.1. The third kappa shape index (κ3) is 9.31. The van der Waals surface area contributed by atoms with Crippen LogP contribution in [0.15, 0.2) is 23.7 Å². The van der Waals surface area contributed by atoms with E-state index in [1.807, 2.05) is 32.0 Å². The molecule has 0 radical (unpaired) electrons. The van der Waals surface area contributed by atoms with Crippen molar-refractivity contribution >= 4 is 35.0 Å². The Balaban J connectivity index is 1.47. The molecule has 1 aliphatic carbocycles. The second kappa shape index (κ2) is 15.8. The van der Waals surface area contributed by atoms with Crippen molar-refractivity contribution < 1.29 is 38.1 Å². The van der Waals surface area contributed by atoms with Gasteiger partial charge < -0.3 is 30.1 Å². The molecule has 3 amide bonds. The van der Waals surface area contributed by atoms with Gasteiger partial charge in [0.25, 0.3) is 5.91 Å². The van der Waals surface area contributed by atoms with Gasteiger partial charge in [0.1, 0.15) is 17.8 Å². The molecule has 0 spiro atoms. The fourth-order valence-electron chi connectivity index (χ4n) is 5.85. The molecule has 2 aliphatic rings. The van der Waals surface area contributed by atoms with Gasteiger partial charge in [0, 0.05) is 24.9 Å². The van der Waals surface area contributed by atoms with Crippen molar-refractivity contribution in [3.8, 4) is 16.2 Å². The summed E-state index contributed by atoms with van der Waals surface area (Å²) in [5.74, 6) is -1.42. The number of hydrogen-bond donors (Lipinski definition) is 3. The molecule has 264 valence electrons. The lowest BCUT2D eigenvalue weighted by atomic mass is 9.85. The first-order chi connectivity index (χ1) is 22.6. The Morgan fingerprint density at radius 2 is 1.85 bits per heavy atom. The Hall–Kier alpha value is -3.58. The number of carbonyl (C=O) groups is 4. The van der Waals surface area contributed by atoms with E-state index in [2.05, 4.69) is 15.6 Å². The van der Waals surface area contributed by atoms with Crippen molar-refractivity contribution in [1.82, 2.24) is 20.5 Å². The van der Waals surface area contributed by atoms with Crippen LogP contribution in [0, 0.1) is 12.3 Å². The number of aryl methyl sites for hydroxylation is 1. The Bertz CT molecular complexity index is 1470. The van der Waals surface area contributed by atoms with Gasteiger partial charge in [-0.15, -0.1) is 11.3 Å². The number of aliphatic hydroxyl groups excluding tert-OH is 1. The highest BCUT2D eigenvalue weighted by Gasteiger charge is 2.53. The van der Waals surface area contributed by atoms with Gasteiger partial charge in [-0.1, -0.05) is 45.7 Å². The van der Waals surface area contributed by atoms with Crippen LogP contribution >= 0.6 is 11.3 Å². The molecule has 4 atom stereocenters. The SMILES string of the molecule is COC(=O)CCCCCCOc1cc(-c2scnc2C)ccc1C(C)NC(=O)[C@@H]1C[C@@H](O)CN1C(=O)C(NC(=O)C1(F)CC1)C(C)(C)C. The molecule has 1 aromatic heterocycles. The molecular formula is C35H49FN4O7S. The molecule has 1 aromatic carbocycles. The predicted molar refractivity (Wildman–Crippen MR) is 180 cm³/mol. The van der Waals surface area contributed by atoms with Crippen LogP contribution in [0.5, 0.6) is 5.75 Å². The zero-order valence-electron chi connectivity index (χ0n) is 28.8. The Labute approximate surface area is 286 Å². The van der Waals surface area contributed by atoms with Gasteiger partial charge >= 0.3 is 5.97 Å². The van der Waals surface area contributed by atoms with Gasteiger partial charge in [-0.2, -0.15) is 0 Å². The fraction of sp³-hybridized carbons (Fsp3) is 0.629. The number of methoxy groups -OCH3 is 1. The molecule has 0 bridgehead atoms. The monoisotopic (exact) mass is 688 g/mol. The molecule has 48 heavy (non-hydrogen) atoms. The van der Waals surface area contributed by atoms with E-state index in [4.69, 9.17) is 9.47 Å². The minimum absolute atomic E-state index is 0.0328. The first-order valence-electron chi connectivity index (χ1n) is 16.7. The maximum atomic E-state index is 14.5. The number of nitrogens with zero attached hydrogens (tertiary/aromatic N) is 2. The molecule has 3 N–H and O–H groups in total. The summed E-state index contributed by atoms with van der Waals surface area (Å²) in [6.07, 6.45) is 2.99. The number of likely N-dealkylation sites (tertiary alicyclic amines) is 1. The molecule has 4 rings (SSSR count). The largest absolute Gasteiger partial charge is 0.493 e. The quantitative estimate of drug-likeness (QED) is 0.179. The van der Waals surface area contributed by atoms with Crippen LogP contribution in [0.4, 0.5) is 4.39 Å². The normalized spacial score (nSPS) is 19.7. The summed E-state index contributed by atoms with van der Waals surface area (Å²) in [7, 11) is 1.38. The molecule has 2 fully saturated rings. The molecule has 13 heteroatoms. The fourth-order valence-corrected chi connectivity index (χ4v) is 6.65. The second-order valence-corrected chi connectivity index (χ2v) is 14.8. The third-order valence-corrected chi connectivity index (χ3v) is 9.93. The van der Waals surface area contributed by atoms with E-state index in [0.717, 1.165) is 47.4 Å². The van der Waals surface area contributed by atoms with Crippen LogP contribution in [-0.2, 0) is 23.9 Å². The van der Waals surface area contributed by atoms with Crippen LogP contribution in [0.1, 0.15) is 96.4 Å². The van der Waals surface area contributed by atoms with Gasteiger partial charge in [-0.3, -0.25) is 19.2 Å². The van der Waals surface area contributed by atoms with Gasteiger partial charge in [0.2, 0.25) is 11.8 Å². The van der Waals surface area contributed by atoms with Crippen LogP contribution in [-0.4, -0.2) is 82.8 Å². The van der Waals surface area contributed by atoms with Crippen molar-refractivity contribution in [2.75, 3.05) is 20.3 Å². The number of thiazole rings is 1. The second-order valence-electron chi connectivity index (χ2n) is 14.0. The molecular weight excluding hydrogens is 639 g/mol. The minimum Gasteiger partial charge on any atom is -0.493 e. The van der Waals surface area contributed by atoms with E-state index in [-0.39, 0.29) is 31.8 Å². The number of rotatable bonds is 15. The number of aliphatic hydroxyl groups is 1. The van der Waals surface area contributed by atoms with Crippen molar-refractivity contribution in [3.05, 3.63) is 35.0 Å². The van der Waals surface area contributed by atoms with Crippen LogP contribution in [0.3, 0.4) is 0 Å². The summed E-state index contributed by atoms with van der Waals surface area (Å²) < 4.78 is 25.5. The molecule has 1 saturated carbocycles. The van der Waals surface area contributed by atoms with Gasteiger partial charge in [0.05, 0.1) is 41.9 Å². The van der Waals surface area contributed by atoms with Crippen LogP contribution in [0.25, 0.3) is 10.4 Å². The van der Waals surface area contributed by atoms with Crippen LogP contribution in [0.2, 0.25) is 0 Å². The molecule has 2 unspecified atom stereocenters. The number of aromatic nitrogens is 1. The number of halogens is 1. The number of unbranched alkanes of at least 4 members (excludes halogenated alkanes) is 3. The number of alkyl halides is 1. The lowest BCUT2D eigenvalue weighted by molar-refractivity contribution is -0.145. The molecule has 1 aliphatic heterocycles. The molecule has 1 saturated heterocycles. The number of nitrogens with one attached hydrogen (secondary N) is 2. The Kier molecular flexibility index (Phi) is 12.2. The van der Waals surface area contributed by atoms with Crippen molar-refractivity contribution in [2.45, 2.75) is 116 Å². The minimum atomic E-state index is -1.96. The molecule has 2 aromatic rings. The summed E-state index contributed by atoms with van der Waals surface area (Å²) in [6, 6.07) is 3.23. The summed E-state index contributed by atoms with van der Waals surface area (Å²) in [5, 5.41) is 16.2. The van der Waals surface area contributed by atoms with Crippen molar-refractivity contribution in [2.24, 2.45) is 5.41 Å². The molecule has 11 nitrogen and oxygen atoms in total. The summed E-state index contributed by atoms with van der Waals surface area (Å²) >= 11 is 1.53. The van der Waals surface area contributed by atoms with Crippen molar-refractivity contribution in [3.63, 3.8) is 0 Å². The van der Waals surface area contributed by atoms with E-state index in [1.54, 1.807) is 26.3 Å². The lowest BCUT2D eigenvalue weighted by Crippen LogP contribution is -2.59. The number of amides is 3. The van der Waals surface area contributed by atoms with E-state index >= 15 is 0 Å². The maximum absolute atomic E-state index is 14.5. The van der Waals surface area contributed by atoms with E-state index in [1.165, 1.54) is 23.3 Å². The first-order valence-corrected chi connectivity index (χ1v) is 17.6. The topological polar surface area (TPSA) is 147 Å². The smallest absolute Gasteiger partial charge is 0.305 e. The van der Waals surface area contributed by atoms with E-state index in [9.17, 15) is 28.7 Å². The number of hydrogen-bond acceptors (Lipinski definition) is 9. The Morgan fingerprint density at radius 1 is 1.15 bits per heavy atom. The number of β-amino-alcohol motifs (C(OH)–C–C–N with tert-alkyl or cyclic N) is 1.